The smallest absolute Gasteiger partial charge is 0.338 e. The van der Waals surface area contributed by atoms with Gasteiger partial charge < -0.3 is 19.3 Å². The highest BCUT2D eigenvalue weighted by Crippen LogP contribution is 2.58. The monoisotopic (exact) mass is 442 g/mol. The normalized spacial score (nSPS) is 29.4. The average Bonchev–Trinajstić information content (AvgIpc) is 3.14. The van der Waals surface area contributed by atoms with Crippen LogP contribution in [0.2, 0.25) is 0 Å². The third kappa shape index (κ3) is 5.54. The van der Waals surface area contributed by atoms with Crippen molar-refractivity contribution in [3.05, 3.63) is 35.9 Å². The maximum atomic E-state index is 12.7. The molecule has 1 N–H and O–H groups in total. The average molecular weight is 443 g/mol. The van der Waals surface area contributed by atoms with Gasteiger partial charge in [0, 0.05) is 13.0 Å². The Morgan fingerprint density at radius 2 is 1.97 bits per heavy atom. The van der Waals surface area contributed by atoms with Gasteiger partial charge in [-0.05, 0) is 75.3 Å². The topological polar surface area (TPSA) is 65.0 Å². The molecule has 6 atom stereocenters. The molecule has 5 nitrogen and oxygen atoms in total. The molecule has 0 amide bonds. The summed E-state index contributed by atoms with van der Waals surface area (Å²) in [5.41, 5.74) is -0.0450. The molecule has 0 aliphatic heterocycles. The van der Waals surface area contributed by atoms with Gasteiger partial charge in [0.25, 0.3) is 0 Å². The molecule has 32 heavy (non-hydrogen) atoms. The minimum atomic E-state index is -0.728. The zero-order chi connectivity index (χ0) is 23.4. The zero-order valence-corrected chi connectivity index (χ0v) is 20.1. The van der Waals surface area contributed by atoms with Crippen LogP contribution in [0.3, 0.4) is 0 Å². The van der Waals surface area contributed by atoms with Crippen LogP contribution >= 0.6 is 0 Å². The van der Waals surface area contributed by atoms with Gasteiger partial charge in [0.05, 0.1) is 5.56 Å². The number of carbonyl (C=O) groups is 1. The van der Waals surface area contributed by atoms with Gasteiger partial charge in [0.15, 0.2) is 0 Å². The summed E-state index contributed by atoms with van der Waals surface area (Å²) in [5.74, 6) is 6.53. The number of aliphatic hydroxyl groups excluding tert-OH is 1. The van der Waals surface area contributed by atoms with Crippen LogP contribution < -0.4 is 0 Å². The SMILES string of the molecule is COCOC(C)(C)C#CC(O)C(C)C1CCC2C(OC(=O)c3ccccc3)CCC[C@@]21C. The number of esters is 1. The largest absolute Gasteiger partial charge is 0.458 e. The van der Waals surface area contributed by atoms with E-state index in [1.54, 1.807) is 19.2 Å². The van der Waals surface area contributed by atoms with E-state index in [2.05, 4.69) is 25.7 Å². The van der Waals surface area contributed by atoms with Crippen LogP contribution in [0.1, 0.15) is 70.2 Å². The number of aliphatic hydroxyl groups is 1. The second-order valence-corrected chi connectivity index (χ2v) is 10.1. The molecule has 1 aromatic carbocycles. The van der Waals surface area contributed by atoms with Crippen LogP contribution in [-0.2, 0) is 14.2 Å². The van der Waals surface area contributed by atoms with Crippen LogP contribution in [0.15, 0.2) is 30.3 Å². The molecule has 0 aromatic heterocycles. The molecule has 0 heterocycles. The summed E-state index contributed by atoms with van der Waals surface area (Å²) in [6, 6.07) is 9.22. The molecule has 5 unspecified atom stereocenters. The predicted octanol–water partition coefficient (Wildman–Crippen LogP) is 4.83. The van der Waals surface area contributed by atoms with Crippen LogP contribution in [-0.4, -0.2) is 42.8 Å². The summed E-state index contributed by atoms with van der Waals surface area (Å²) in [7, 11) is 1.58. The van der Waals surface area contributed by atoms with E-state index in [4.69, 9.17) is 14.2 Å². The van der Waals surface area contributed by atoms with Crippen molar-refractivity contribution in [3.63, 3.8) is 0 Å². The fraction of sp³-hybridized carbons (Fsp3) is 0.667. The quantitative estimate of drug-likeness (QED) is 0.372. The van der Waals surface area contributed by atoms with Gasteiger partial charge in [0.1, 0.15) is 24.6 Å². The summed E-state index contributed by atoms with van der Waals surface area (Å²) in [4.78, 5) is 12.7. The van der Waals surface area contributed by atoms with Crippen molar-refractivity contribution in [1.82, 2.24) is 0 Å². The Bertz CT molecular complexity index is 823. The molecule has 2 aliphatic carbocycles. The lowest BCUT2D eigenvalue weighted by molar-refractivity contribution is -0.0879. The first-order valence-electron chi connectivity index (χ1n) is 11.8. The lowest BCUT2D eigenvalue weighted by Crippen LogP contribution is -2.44. The van der Waals surface area contributed by atoms with Crippen molar-refractivity contribution < 1.29 is 24.1 Å². The van der Waals surface area contributed by atoms with E-state index in [9.17, 15) is 9.90 Å². The highest BCUT2D eigenvalue weighted by Gasteiger charge is 2.54. The maximum Gasteiger partial charge on any atom is 0.338 e. The van der Waals surface area contributed by atoms with Crippen molar-refractivity contribution in [2.24, 2.45) is 23.2 Å². The van der Waals surface area contributed by atoms with Gasteiger partial charge in [-0.25, -0.2) is 4.79 Å². The second-order valence-electron chi connectivity index (χ2n) is 10.1. The third-order valence-electron chi connectivity index (χ3n) is 7.59. The fourth-order valence-corrected chi connectivity index (χ4v) is 5.79. The number of rotatable bonds is 7. The third-order valence-corrected chi connectivity index (χ3v) is 7.59. The minimum Gasteiger partial charge on any atom is -0.458 e. The number of fused-ring (bicyclic) bond motifs is 1. The lowest BCUT2D eigenvalue weighted by atomic mass is 9.61. The zero-order valence-electron chi connectivity index (χ0n) is 20.1. The van der Waals surface area contributed by atoms with E-state index < -0.39 is 11.7 Å². The van der Waals surface area contributed by atoms with Crippen LogP contribution in [0.4, 0.5) is 0 Å². The highest BCUT2D eigenvalue weighted by molar-refractivity contribution is 5.89. The summed E-state index contributed by atoms with van der Waals surface area (Å²) in [5, 5.41) is 10.9. The number of carbonyl (C=O) groups excluding carboxylic acids is 1. The van der Waals surface area contributed by atoms with Gasteiger partial charge in [-0.1, -0.05) is 43.9 Å². The van der Waals surface area contributed by atoms with Crippen LogP contribution in [0.25, 0.3) is 0 Å². The number of methoxy groups -OCH3 is 1. The predicted molar refractivity (Wildman–Crippen MR) is 124 cm³/mol. The molecule has 3 rings (SSSR count). The summed E-state index contributed by atoms with van der Waals surface area (Å²) < 4.78 is 16.6. The number of benzene rings is 1. The van der Waals surface area contributed by atoms with Crippen molar-refractivity contribution >= 4 is 5.97 Å². The Kier molecular flexibility index (Phi) is 8.03. The summed E-state index contributed by atoms with van der Waals surface area (Å²) >= 11 is 0. The van der Waals surface area contributed by atoms with E-state index in [-0.39, 0.29) is 30.2 Å². The second kappa shape index (κ2) is 10.4. The molecular weight excluding hydrogens is 404 g/mol. The molecular formula is C27H38O5. The Morgan fingerprint density at radius 1 is 1.25 bits per heavy atom. The number of hydrogen-bond acceptors (Lipinski definition) is 5. The lowest BCUT2D eigenvalue weighted by Gasteiger charge is -2.46. The molecule has 0 bridgehead atoms. The summed E-state index contributed by atoms with van der Waals surface area (Å²) in [6.45, 7) is 8.32. The van der Waals surface area contributed by atoms with E-state index in [1.165, 1.54) is 0 Å². The van der Waals surface area contributed by atoms with Crippen molar-refractivity contribution in [1.29, 1.82) is 0 Å². The number of hydrogen-bond donors (Lipinski definition) is 1. The van der Waals surface area contributed by atoms with Crippen molar-refractivity contribution in [2.75, 3.05) is 13.9 Å². The van der Waals surface area contributed by atoms with Gasteiger partial charge in [-0.15, -0.1) is 0 Å². The van der Waals surface area contributed by atoms with Crippen LogP contribution in [0, 0.1) is 35.0 Å². The fourth-order valence-electron chi connectivity index (χ4n) is 5.79. The molecule has 1 aromatic rings. The minimum absolute atomic E-state index is 0.0271. The van der Waals surface area contributed by atoms with Crippen molar-refractivity contribution in [2.45, 2.75) is 77.6 Å². The standard InChI is InChI=1S/C27H38O5/c1-19(23(28)15-17-26(2,3)31-18-30-5)21-13-14-22-24(12-9-16-27(21,22)4)32-25(29)20-10-7-6-8-11-20/h6-8,10-11,19,21-24,28H,9,12-14,16,18H2,1-5H3/t19?,21?,22?,23?,24?,27-/m1/s1. The number of ether oxygens (including phenoxy) is 3. The van der Waals surface area contributed by atoms with Gasteiger partial charge >= 0.3 is 5.97 Å². The first-order chi connectivity index (χ1) is 15.2. The Balaban J connectivity index is 1.68. The maximum absolute atomic E-state index is 12.7. The molecule has 5 heteroatoms. The van der Waals surface area contributed by atoms with Gasteiger partial charge in [0.2, 0.25) is 0 Å². The molecule has 176 valence electrons. The van der Waals surface area contributed by atoms with E-state index >= 15 is 0 Å². The van der Waals surface area contributed by atoms with Gasteiger partial charge in [-0.2, -0.15) is 0 Å². The molecule has 2 saturated carbocycles. The first kappa shape index (κ1) is 24.8. The van der Waals surface area contributed by atoms with Crippen LogP contribution in [0.5, 0.6) is 0 Å². The molecule has 0 saturated heterocycles. The molecule has 0 spiro atoms. The Labute approximate surface area is 192 Å². The molecule has 2 aliphatic rings. The Morgan fingerprint density at radius 3 is 2.66 bits per heavy atom. The molecule has 2 fully saturated rings. The summed E-state index contributed by atoms with van der Waals surface area (Å²) in [6.07, 6.45) is 4.27. The molecule has 0 radical (unpaired) electrons. The van der Waals surface area contributed by atoms with E-state index in [1.807, 2.05) is 32.0 Å². The first-order valence-corrected chi connectivity index (χ1v) is 11.8. The van der Waals surface area contributed by atoms with Crippen molar-refractivity contribution in [3.8, 4) is 11.8 Å². The van der Waals surface area contributed by atoms with E-state index in [0.29, 0.717) is 17.4 Å². The van der Waals surface area contributed by atoms with Gasteiger partial charge in [-0.3, -0.25) is 0 Å². The van der Waals surface area contributed by atoms with E-state index in [0.717, 1.165) is 32.1 Å². The highest BCUT2D eigenvalue weighted by atomic mass is 16.7. The Hall–Kier alpha value is -1.87.